The van der Waals surface area contributed by atoms with Gasteiger partial charge < -0.3 is 20.3 Å². The van der Waals surface area contributed by atoms with E-state index in [0.717, 1.165) is 64.7 Å². The fourth-order valence-corrected chi connectivity index (χ4v) is 5.07. The van der Waals surface area contributed by atoms with Gasteiger partial charge in [0, 0.05) is 42.1 Å². The Bertz CT molecular complexity index is 1070. The molecular weight excluding hydrogens is 478 g/mol. The van der Waals surface area contributed by atoms with Crippen LogP contribution in [-0.2, 0) is 6.54 Å². The fraction of sp³-hybridized carbons (Fsp3) is 0.462. The molecule has 0 radical (unpaired) electrons. The number of anilines is 2. The first-order valence-electron chi connectivity index (χ1n) is 11.8. The van der Waals surface area contributed by atoms with Crippen LogP contribution >= 0.6 is 15.9 Å². The Morgan fingerprint density at radius 1 is 1.06 bits per heavy atom. The minimum Gasteiger partial charge on any atom is -0.496 e. The van der Waals surface area contributed by atoms with E-state index in [1.807, 2.05) is 38.4 Å². The van der Waals surface area contributed by atoms with Gasteiger partial charge in [-0.2, -0.15) is 4.98 Å². The highest BCUT2D eigenvalue weighted by molar-refractivity contribution is 9.10. The van der Waals surface area contributed by atoms with Gasteiger partial charge in [-0.05, 0) is 74.9 Å². The Labute approximate surface area is 205 Å². The second-order valence-electron chi connectivity index (χ2n) is 9.07. The molecule has 4 rings (SSSR count). The SMILES string of the molecule is COc1ccc(Br)cc1CNCCC1CCC(Nc2nc(N(C)C)c3ccccc3n2)CC1. The van der Waals surface area contributed by atoms with Crippen molar-refractivity contribution in [3.63, 3.8) is 0 Å². The third-order valence-electron chi connectivity index (χ3n) is 6.47. The lowest BCUT2D eigenvalue weighted by Gasteiger charge is -2.29. The van der Waals surface area contributed by atoms with Gasteiger partial charge in [-0.15, -0.1) is 0 Å². The molecule has 0 spiro atoms. The summed E-state index contributed by atoms with van der Waals surface area (Å²) < 4.78 is 6.55. The molecule has 2 aromatic carbocycles. The summed E-state index contributed by atoms with van der Waals surface area (Å²) in [5, 5.41) is 8.30. The normalized spacial score (nSPS) is 18.3. The predicted octanol–water partition coefficient (Wildman–Crippen LogP) is 5.62. The summed E-state index contributed by atoms with van der Waals surface area (Å²) in [4.78, 5) is 11.6. The summed E-state index contributed by atoms with van der Waals surface area (Å²) in [5.74, 6) is 3.41. The highest BCUT2D eigenvalue weighted by atomic mass is 79.9. The van der Waals surface area contributed by atoms with Gasteiger partial charge in [0.2, 0.25) is 5.95 Å². The first-order valence-corrected chi connectivity index (χ1v) is 12.6. The van der Waals surface area contributed by atoms with Gasteiger partial charge in [-0.1, -0.05) is 28.1 Å². The molecule has 1 saturated carbocycles. The molecule has 33 heavy (non-hydrogen) atoms. The minimum atomic E-state index is 0.441. The maximum atomic E-state index is 5.47. The van der Waals surface area contributed by atoms with Gasteiger partial charge in [0.1, 0.15) is 11.6 Å². The van der Waals surface area contributed by atoms with Crippen molar-refractivity contribution in [3.05, 3.63) is 52.5 Å². The lowest BCUT2D eigenvalue weighted by molar-refractivity contribution is 0.316. The van der Waals surface area contributed by atoms with Crippen molar-refractivity contribution in [1.29, 1.82) is 0 Å². The topological polar surface area (TPSA) is 62.3 Å². The molecule has 1 fully saturated rings. The van der Waals surface area contributed by atoms with Crippen molar-refractivity contribution in [1.82, 2.24) is 15.3 Å². The van der Waals surface area contributed by atoms with Gasteiger partial charge in [0.15, 0.2) is 0 Å². The largest absolute Gasteiger partial charge is 0.496 e. The molecule has 2 N–H and O–H groups in total. The number of ether oxygens (including phenoxy) is 1. The van der Waals surface area contributed by atoms with E-state index in [1.165, 1.54) is 24.8 Å². The second-order valence-corrected chi connectivity index (χ2v) is 9.98. The summed E-state index contributed by atoms with van der Waals surface area (Å²) in [7, 11) is 5.79. The number of benzene rings is 2. The van der Waals surface area contributed by atoms with Gasteiger partial charge in [0.25, 0.3) is 0 Å². The number of hydrogen-bond donors (Lipinski definition) is 2. The van der Waals surface area contributed by atoms with E-state index in [4.69, 9.17) is 14.7 Å². The van der Waals surface area contributed by atoms with Crippen LogP contribution in [0.3, 0.4) is 0 Å². The average molecular weight is 512 g/mol. The lowest BCUT2D eigenvalue weighted by Crippen LogP contribution is -2.28. The molecule has 1 aliphatic carbocycles. The quantitative estimate of drug-likeness (QED) is 0.363. The Morgan fingerprint density at radius 3 is 2.61 bits per heavy atom. The number of methoxy groups -OCH3 is 1. The molecule has 0 aliphatic heterocycles. The zero-order chi connectivity index (χ0) is 23.2. The van der Waals surface area contributed by atoms with Crippen molar-refractivity contribution in [2.24, 2.45) is 5.92 Å². The van der Waals surface area contributed by atoms with Crippen molar-refractivity contribution >= 4 is 38.6 Å². The number of nitrogens with one attached hydrogen (secondary N) is 2. The van der Waals surface area contributed by atoms with E-state index >= 15 is 0 Å². The first kappa shape index (κ1) is 23.8. The molecule has 7 heteroatoms. The van der Waals surface area contributed by atoms with Crippen molar-refractivity contribution in [2.75, 3.05) is 38.0 Å². The van der Waals surface area contributed by atoms with Crippen molar-refractivity contribution in [3.8, 4) is 5.75 Å². The maximum Gasteiger partial charge on any atom is 0.225 e. The minimum absolute atomic E-state index is 0.441. The Morgan fingerprint density at radius 2 is 1.85 bits per heavy atom. The molecule has 176 valence electrons. The van der Waals surface area contributed by atoms with Crippen LogP contribution in [-0.4, -0.2) is 43.8 Å². The lowest BCUT2D eigenvalue weighted by atomic mass is 9.84. The molecule has 3 aromatic rings. The zero-order valence-electron chi connectivity index (χ0n) is 19.8. The zero-order valence-corrected chi connectivity index (χ0v) is 21.4. The molecule has 0 saturated heterocycles. The van der Waals surface area contributed by atoms with E-state index in [-0.39, 0.29) is 0 Å². The molecular formula is C26H34BrN5O. The molecule has 1 aliphatic rings. The van der Waals surface area contributed by atoms with Crippen LogP contribution in [0.4, 0.5) is 11.8 Å². The maximum absolute atomic E-state index is 5.47. The first-order chi connectivity index (χ1) is 16.0. The van der Waals surface area contributed by atoms with E-state index < -0.39 is 0 Å². The molecule has 0 atom stereocenters. The smallest absolute Gasteiger partial charge is 0.225 e. The van der Waals surface area contributed by atoms with Crippen LogP contribution in [0, 0.1) is 5.92 Å². The molecule has 1 aromatic heterocycles. The summed E-state index contributed by atoms with van der Waals surface area (Å²) in [5.41, 5.74) is 2.17. The van der Waals surface area contributed by atoms with Crippen LogP contribution in [0.1, 0.15) is 37.7 Å². The summed E-state index contributed by atoms with van der Waals surface area (Å²) in [6, 6.07) is 14.8. The third-order valence-corrected chi connectivity index (χ3v) is 6.97. The van der Waals surface area contributed by atoms with E-state index in [0.29, 0.717) is 6.04 Å². The van der Waals surface area contributed by atoms with Crippen molar-refractivity contribution in [2.45, 2.75) is 44.7 Å². The Kier molecular flexibility index (Phi) is 8.04. The van der Waals surface area contributed by atoms with Gasteiger partial charge >= 0.3 is 0 Å². The van der Waals surface area contributed by atoms with E-state index in [9.17, 15) is 0 Å². The number of para-hydroxylation sites is 1. The molecule has 0 bridgehead atoms. The Hall–Kier alpha value is -2.38. The van der Waals surface area contributed by atoms with Crippen LogP contribution < -0.4 is 20.3 Å². The van der Waals surface area contributed by atoms with Crippen LogP contribution in [0.15, 0.2) is 46.9 Å². The summed E-state index contributed by atoms with van der Waals surface area (Å²) in [6.07, 6.45) is 6.02. The molecule has 6 nitrogen and oxygen atoms in total. The number of fused-ring (bicyclic) bond motifs is 1. The number of hydrogen-bond acceptors (Lipinski definition) is 6. The monoisotopic (exact) mass is 511 g/mol. The van der Waals surface area contributed by atoms with E-state index in [2.05, 4.69) is 49.7 Å². The number of aromatic nitrogens is 2. The average Bonchev–Trinajstić information content (AvgIpc) is 2.82. The third kappa shape index (κ3) is 6.15. The number of halogens is 1. The Balaban J connectivity index is 1.25. The van der Waals surface area contributed by atoms with E-state index in [1.54, 1.807) is 7.11 Å². The van der Waals surface area contributed by atoms with Crippen LogP contribution in [0.25, 0.3) is 10.9 Å². The predicted molar refractivity (Wildman–Crippen MR) is 140 cm³/mol. The summed E-state index contributed by atoms with van der Waals surface area (Å²) >= 11 is 3.55. The van der Waals surface area contributed by atoms with Crippen molar-refractivity contribution < 1.29 is 4.74 Å². The van der Waals surface area contributed by atoms with Gasteiger partial charge in [-0.3, -0.25) is 0 Å². The molecule has 1 heterocycles. The number of rotatable bonds is 9. The van der Waals surface area contributed by atoms with Crippen LogP contribution in [0.5, 0.6) is 5.75 Å². The highest BCUT2D eigenvalue weighted by Gasteiger charge is 2.22. The fourth-order valence-electron chi connectivity index (χ4n) is 4.66. The standard InChI is InChI=1S/C26H34BrN5O/c1-32(2)25-22-6-4-5-7-23(22)30-26(31-25)29-21-11-8-18(9-12-21)14-15-28-17-19-16-20(27)10-13-24(19)33-3/h4-7,10,13,16,18,21,28H,8-9,11-12,14-15,17H2,1-3H3,(H,29,30,31). The molecule has 0 unspecified atom stereocenters. The van der Waals surface area contributed by atoms with Gasteiger partial charge in [-0.25, -0.2) is 4.98 Å². The number of nitrogens with zero attached hydrogens (tertiary/aromatic N) is 3. The highest BCUT2D eigenvalue weighted by Crippen LogP contribution is 2.30. The second kappa shape index (κ2) is 11.2. The van der Waals surface area contributed by atoms with Gasteiger partial charge in [0.05, 0.1) is 12.6 Å². The summed E-state index contributed by atoms with van der Waals surface area (Å²) in [6.45, 7) is 1.85. The van der Waals surface area contributed by atoms with Crippen LogP contribution in [0.2, 0.25) is 0 Å². The molecule has 0 amide bonds.